The van der Waals surface area contributed by atoms with Crippen molar-refractivity contribution in [1.82, 2.24) is 10.2 Å². The van der Waals surface area contributed by atoms with Gasteiger partial charge in [0.1, 0.15) is 0 Å². The maximum atomic E-state index is 12.2. The molecule has 25 heavy (non-hydrogen) atoms. The monoisotopic (exact) mass is 394 g/mol. The lowest BCUT2D eigenvalue weighted by Gasteiger charge is -2.08. The van der Waals surface area contributed by atoms with Crippen LogP contribution < -0.4 is 10.0 Å². The summed E-state index contributed by atoms with van der Waals surface area (Å²) in [5.41, 5.74) is 0.682. The zero-order chi connectivity index (χ0) is 17.9. The Balaban J connectivity index is 1.73. The molecule has 0 aliphatic rings. The van der Waals surface area contributed by atoms with Gasteiger partial charge in [-0.3, -0.25) is 4.72 Å². The second-order valence-corrected chi connectivity index (χ2v) is 7.47. The zero-order valence-electron chi connectivity index (χ0n) is 12.6. The molecule has 0 atom stereocenters. The third-order valence-corrected chi connectivity index (χ3v) is 5.26. The van der Waals surface area contributed by atoms with Crippen LogP contribution in [0.15, 0.2) is 65.6 Å². The molecule has 2 aromatic carbocycles. The molecular weight excluding hydrogens is 383 g/mol. The van der Waals surface area contributed by atoms with Gasteiger partial charge in [-0.1, -0.05) is 41.4 Å². The minimum Gasteiger partial charge on any atom is -0.339 e. The summed E-state index contributed by atoms with van der Waals surface area (Å²) in [6, 6.07) is 16.2. The summed E-state index contributed by atoms with van der Waals surface area (Å²) in [6.45, 7) is 0. The summed E-state index contributed by atoms with van der Waals surface area (Å²) in [5.74, 6) is 0.546. The Morgan fingerprint density at radius 3 is 2.12 bits per heavy atom. The Bertz CT molecular complexity index is 981. The van der Waals surface area contributed by atoms with Gasteiger partial charge >= 0.3 is 0 Å². The number of hydrogen-bond donors (Lipinski definition) is 2. The summed E-state index contributed by atoms with van der Waals surface area (Å²) < 4.78 is 26.8. The van der Waals surface area contributed by atoms with E-state index in [4.69, 9.17) is 23.2 Å². The SMILES string of the molecule is O=S(=O)(Nc1ccc(Nc2ccc(Cl)c(Cl)c2)nn1)c1ccccc1. The van der Waals surface area contributed by atoms with E-state index in [1.54, 1.807) is 42.5 Å². The van der Waals surface area contributed by atoms with Crippen molar-refractivity contribution >= 4 is 50.5 Å². The van der Waals surface area contributed by atoms with Crippen LogP contribution in [0, 0.1) is 0 Å². The Morgan fingerprint density at radius 2 is 1.48 bits per heavy atom. The van der Waals surface area contributed by atoms with Crippen LogP contribution in [0.25, 0.3) is 0 Å². The van der Waals surface area contributed by atoms with Gasteiger partial charge in [0.05, 0.1) is 14.9 Å². The maximum Gasteiger partial charge on any atom is 0.263 e. The van der Waals surface area contributed by atoms with Gasteiger partial charge in [0.2, 0.25) is 0 Å². The van der Waals surface area contributed by atoms with E-state index in [0.717, 1.165) is 0 Å². The van der Waals surface area contributed by atoms with Crippen LogP contribution in [0.1, 0.15) is 0 Å². The Morgan fingerprint density at radius 1 is 0.800 bits per heavy atom. The number of nitrogens with one attached hydrogen (secondary N) is 2. The van der Waals surface area contributed by atoms with Crippen molar-refractivity contribution in [2.75, 3.05) is 10.0 Å². The van der Waals surface area contributed by atoms with Crippen LogP contribution >= 0.6 is 23.2 Å². The molecule has 0 radical (unpaired) electrons. The van der Waals surface area contributed by atoms with Crippen molar-refractivity contribution < 1.29 is 8.42 Å². The van der Waals surface area contributed by atoms with E-state index in [1.807, 2.05) is 0 Å². The molecule has 0 aliphatic heterocycles. The molecule has 6 nitrogen and oxygen atoms in total. The average Bonchev–Trinajstić information content (AvgIpc) is 2.60. The van der Waals surface area contributed by atoms with Gasteiger partial charge in [-0.15, -0.1) is 10.2 Å². The normalized spacial score (nSPS) is 11.1. The molecular formula is C16H12Cl2N4O2S. The lowest BCUT2D eigenvalue weighted by atomic mass is 10.3. The van der Waals surface area contributed by atoms with E-state index < -0.39 is 10.0 Å². The van der Waals surface area contributed by atoms with Gasteiger partial charge < -0.3 is 5.32 Å². The average molecular weight is 395 g/mol. The standard InChI is InChI=1S/C16H12Cl2N4O2S/c17-13-7-6-11(10-14(13)18)19-15-8-9-16(21-20-15)22-25(23,24)12-4-2-1-3-5-12/h1-10H,(H,19,20)(H,21,22). The predicted molar refractivity (Wildman–Crippen MR) is 99.0 cm³/mol. The highest BCUT2D eigenvalue weighted by Gasteiger charge is 2.14. The van der Waals surface area contributed by atoms with Crippen molar-refractivity contribution in [2.45, 2.75) is 4.90 Å². The largest absolute Gasteiger partial charge is 0.339 e. The lowest BCUT2D eigenvalue weighted by molar-refractivity contribution is 0.601. The molecule has 0 saturated heterocycles. The second-order valence-electron chi connectivity index (χ2n) is 4.98. The third kappa shape index (κ3) is 4.39. The van der Waals surface area contributed by atoms with Gasteiger partial charge in [0.15, 0.2) is 11.6 Å². The lowest BCUT2D eigenvalue weighted by Crippen LogP contribution is -2.14. The fourth-order valence-corrected chi connectivity index (χ4v) is 3.29. The molecule has 0 spiro atoms. The number of rotatable bonds is 5. The number of hydrogen-bond acceptors (Lipinski definition) is 5. The number of halogens is 2. The first-order valence-electron chi connectivity index (χ1n) is 7.08. The van der Waals surface area contributed by atoms with Crippen molar-refractivity contribution in [1.29, 1.82) is 0 Å². The molecule has 0 aliphatic carbocycles. The van der Waals surface area contributed by atoms with Crippen molar-refractivity contribution in [3.8, 4) is 0 Å². The van der Waals surface area contributed by atoms with E-state index in [1.165, 1.54) is 18.2 Å². The van der Waals surface area contributed by atoms with Crippen LogP contribution in [0.2, 0.25) is 10.0 Å². The van der Waals surface area contributed by atoms with Gasteiger partial charge in [-0.05, 0) is 42.5 Å². The van der Waals surface area contributed by atoms with Crippen molar-refractivity contribution in [2.24, 2.45) is 0 Å². The van der Waals surface area contributed by atoms with Gasteiger partial charge in [0.25, 0.3) is 10.0 Å². The second kappa shape index (κ2) is 7.26. The fraction of sp³-hybridized carbons (Fsp3) is 0. The third-order valence-electron chi connectivity index (χ3n) is 3.15. The summed E-state index contributed by atoms with van der Waals surface area (Å²) in [5, 5.41) is 11.7. The smallest absolute Gasteiger partial charge is 0.263 e. The predicted octanol–water partition coefficient (Wildman–Crippen LogP) is 4.33. The topological polar surface area (TPSA) is 84.0 Å². The molecule has 0 bridgehead atoms. The van der Waals surface area contributed by atoms with Crippen LogP contribution in [0.5, 0.6) is 0 Å². The molecule has 0 saturated carbocycles. The summed E-state index contributed by atoms with van der Waals surface area (Å²) in [7, 11) is -3.70. The molecule has 3 aromatic rings. The van der Waals surface area contributed by atoms with E-state index in [0.29, 0.717) is 21.6 Å². The van der Waals surface area contributed by atoms with Crippen molar-refractivity contribution in [3.05, 3.63) is 70.7 Å². The first-order chi connectivity index (χ1) is 11.9. The van der Waals surface area contributed by atoms with E-state index in [-0.39, 0.29) is 10.7 Å². The van der Waals surface area contributed by atoms with Crippen LogP contribution in [0.4, 0.5) is 17.3 Å². The minimum atomic E-state index is -3.70. The molecule has 128 valence electrons. The zero-order valence-corrected chi connectivity index (χ0v) is 15.0. The van der Waals surface area contributed by atoms with Gasteiger partial charge in [-0.25, -0.2) is 8.42 Å². The Labute approximate surface area is 154 Å². The molecule has 0 unspecified atom stereocenters. The van der Waals surface area contributed by atoms with Crippen LogP contribution in [-0.4, -0.2) is 18.6 Å². The van der Waals surface area contributed by atoms with E-state index in [9.17, 15) is 8.42 Å². The highest BCUT2D eigenvalue weighted by molar-refractivity contribution is 7.92. The highest BCUT2D eigenvalue weighted by atomic mass is 35.5. The van der Waals surface area contributed by atoms with Gasteiger partial charge in [-0.2, -0.15) is 0 Å². The fourth-order valence-electron chi connectivity index (χ4n) is 1.97. The molecule has 1 aromatic heterocycles. The first kappa shape index (κ1) is 17.5. The quantitative estimate of drug-likeness (QED) is 0.672. The number of anilines is 3. The van der Waals surface area contributed by atoms with Crippen LogP contribution in [-0.2, 0) is 10.0 Å². The van der Waals surface area contributed by atoms with Crippen LogP contribution in [0.3, 0.4) is 0 Å². The molecule has 3 rings (SSSR count). The van der Waals surface area contributed by atoms with Crippen molar-refractivity contribution in [3.63, 3.8) is 0 Å². The minimum absolute atomic E-state index is 0.114. The number of nitrogens with zero attached hydrogens (tertiary/aromatic N) is 2. The molecule has 2 N–H and O–H groups in total. The summed E-state index contributed by atoms with van der Waals surface area (Å²) in [6.07, 6.45) is 0. The Kier molecular flexibility index (Phi) is 5.08. The molecule has 9 heteroatoms. The first-order valence-corrected chi connectivity index (χ1v) is 9.32. The molecule has 1 heterocycles. The number of sulfonamides is 1. The maximum absolute atomic E-state index is 12.2. The van der Waals surface area contributed by atoms with E-state index >= 15 is 0 Å². The van der Waals surface area contributed by atoms with Gasteiger partial charge in [0, 0.05) is 5.69 Å². The summed E-state index contributed by atoms with van der Waals surface area (Å²) >= 11 is 11.8. The summed E-state index contributed by atoms with van der Waals surface area (Å²) in [4.78, 5) is 0.148. The molecule has 0 fully saturated rings. The van der Waals surface area contributed by atoms with E-state index in [2.05, 4.69) is 20.2 Å². The Hall–Kier alpha value is -2.35. The highest BCUT2D eigenvalue weighted by Crippen LogP contribution is 2.26. The number of benzene rings is 2. The molecule has 0 amide bonds. The number of aromatic nitrogens is 2.